The van der Waals surface area contributed by atoms with E-state index in [0.717, 1.165) is 12.8 Å². The highest BCUT2D eigenvalue weighted by atomic mass is 127. The molecule has 1 N–H and O–H groups in total. The Morgan fingerprint density at radius 3 is 2.69 bits per heavy atom. The number of piperidine rings is 1. The van der Waals surface area contributed by atoms with Gasteiger partial charge in [-0.1, -0.05) is 22.6 Å². The zero-order chi connectivity index (χ0) is 12.4. The van der Waals surface area contributed by atoms with Crippen molar-refractivity contribution in [3.63, 3.8) is 0 Å². The summed E-state index contributed by atoms with van der Waals surface area (Å²) in [5.41, 5.74) is -1.22. The topological polar surface area (TPSA) is 49.8 Å². The molecule has 0 saturated carbocycles. The summed E-state index contributed by atoms with van der Waals surface area (Å²) in [4.78, 5) is 13.4. The molecule has 1 fully saturated rings. The fraction of sp³-hybridized carbons (Fsp3) is 0.909. The van der Waals surface area contributed by atoms with Gasteiger partial charge in [-0.2, -0.15) is 0 Å². The molecule has 0 aromatic carbocycles. The van der Waals surface area contributed by atoms with Crippen LogP contribution in [0.1, 0.15) is 33.6 Å². The van der Waals surface area contributed by atoms with Crippen molar-refractivity contribution in [2.24, 2.45) is 0 Å². The Hall–Kier alpha value is -0.0400. The Morgan fingerprint density at radius 2 is 2.19 bits per heavy atom. The third-order valence-electron chi connectivity index (χ3n) is 2.46. The number of carbonyl (C=O) groups excluding carboxylic acids is 1. The Kier molecular flexibility index (Phi) is 4.45. The summed E-state index contributed by atoms with van der Waals surface area (Å²) in [6.07, 6.45) is 1.27. The number of ether oxygens (including phenoxy) is 1. The largest absolute Gasteiger partial charge is 0.444 e. The molecule has 1 rings (SSSR count). The lowest BCUT2D eigenvalue weighted by atomic mass is 9.95. The molecule has 1 unspecified atom stereocenters. The van der Waals surface area contributed by atoms with Crippen LogP contribution in [0.2, 0.25) is 0 Å². The summed E-state index contributed by atoms with van der Waals surface area (Å²) in [7, 11) is 0. The summed E-state index contributed by atoms with van der Waals surface area (Å²) < 4.78 is 5.93. The zero-order valence-corrected chi connectivity index (χ0v) is 12.3. The van der Waals surface area contributed by atoms with Gasteiger partial charge in [-0.15, -0.1) is 0 Å². The van der Waals surface area contributed by atoms with Crippen LogP contribution in [-0.4, -0.2) is 44.8 Å². The van der Waals surface area contributed by atoms with E-state index in [4.69, 9.17) is 4.74 Å². The summed E-state index contributed by atoms with van der Waals surface area (Å²) >= 11 is 2.16. The van der Waals surface area contributed by atoms with E-state index >= 15 is 0 Å². The fourth-order valence-electron chi connectivity index (χ4n) is 1.70. The molecule has 1 heterocycles. The molecule has 1 amide bonds. The van der Waals surface area contributed by atoms with Crippen molar-refractivity contribution in [2.75, 3.05) is 17.5 Å². The average molecular weight is 341 g/mol. The maximum atomic E-state index is 11.8. The molecule has 94 valence electrons. The van der Waals surface area contributed by atoms with Crippen molar-refractivity contribution < 1.29 is 14.6 Å². The van der Waals surface area contributed by atoms with Gasteiger partial charge in [-0.3, -0.25) is 0 Å². The van der Waals surface area contributed by atoms with Gasteiger partial charge in [0.1, 0.15) is 5.60 Å². The quantitative estimate of drug-likeness (QED) is 0.588. The van der Waals surface area contributed by atoms with Crippen LogP contribution in [0.25, 0.3) is 0 Å². The van der Waals surface area contributed by atoms with E-state index in [1.807, 2.05) is 20.8 Å². The van der Waals surface area contributed by atoms with Crippen molar-refractivity contribution in [3.8, 4) is 0 Å². The van der Waals surface area contributed by atoms with E-state index in [2.05, 4.69) is 22.6 Å². The second-order valence-electron chi connectivity index (χ2n) is 5.36. The second kappa shape index (κ2) is 5.08. The molecule has 0 bridgehead atoms. The van der Waals surface area contributed by atoms with Crippen LogP contribution < -0.4 is 0 Å². The summed E-state index contributed by atoms with van der Waals surface area (Å²) in [6.45, 7) is 6.59. The molecule has 0 radical (unpaired) electrons. The van der Waals surface area contributed by atoms with Gasteiger partial charge in [0.2, 0.25) is 0 Å². The SMILES string of the molecule is CC(C)(C)OC(=O)N1CCCC(O)(CI)C1. The molecule has 1 atom stereocenters. The van der Waals surface area contributed by atoms with Crippen LogP contribution >= 0.6 is 22.6 Å². The lowest BCUT2D eigenvalue weighted by Gasteiger charge is -2.38. The normalized spacial score (nSPS) is 26.7. The predicted molar refractivity (Wildman–Crippen MR) is 70.9 cm³/mol. The van der Waals surface area contributed by atoms with Crippen molar-refractivity contribution in [2.45, 2.75) is 44.8 Å². The minimum atomic E-state index is -0.740. The van der Waals surface area contributed by atoms with Crippen LogP contribution in [0, 0.1) is 0 Å². The van der Waals surface area contributed by atoms with Crippen LogP contribution in [0.4, 0.5) is 4.79 Å². The first kappa shape index (κ1) is 14.0. The Bertz CT molecular complexity index is 264. The Balaban J connectivity index is 2.57. The summed E-state index contributed by atoms with van der Waals surface area (Å²) in [6, 6.07) is 0. The number of nitrogens with zero attached hydrogens (tertiary/aromatic N) is 1. The summed E-state index contributed by atoms with van der Waals surface area (Å²) in [5, 5.41) is 10.1. The molecule has 1 aliphatic heterocycles. The number of β-amino-alcohol motifs (C(OH)–C–C–N with tert-alkyl or cyclic N) is 1. The minimum Gasteiger partial charge on any atom is -0.444 e. The number of carbonyl (C=O) groups is 1. The molecule has 5 heteroatoms. The van der Waals surface area contributed by atoms with Crippen LogP contribution in [0.15, 0.2) is 0 Å². The van der Waals surface area contributed by atoms with Crippen molar-refractivity contribution in [1.82, 2.24) is 4.90 Å². The molecular weight excluding hydrogens is 321 g/mol. The maximum Gasteiger partial charge on any atom is 0.410 e. The van der Waals surface area contributed by atoms with Crippen LogP contribution in [0.5, 0.6) is 0 Å². The third kappa shape index (κ3) is 4.08. The number of amides is 1. The number of alkyl halides is 1. The summed E-state index contributed by atoms with van der Waals surface area (Å²) in [5.74, 6) is 0. The van der Waals surface area contributed by atoms with Crippen molar-refractivity contribution in [3.05, 3.63) is 0 Å². The minimum absolute atomic E-state index is 0.324. The molecule has 0 aromatic heterocycles. The zero-order valence-electron chi connectivity index (χ0n) is 10.1. The first-order chi connectivity index (χ1) is 7.26. The molecule has 1 aliphatic rings. The second-order valence-corrected chi connectivity index (χ2v) is 6.13. The van der Waals surface area contributed by atoms with Crippen LogP contribution in [0.3, 0.4) is 0 Å². The van der Waals surface area contributed by atoms with Crippen LogP contribution in [-0.2, 0) is 4.74 Å². The Morgan fingerprint density at radius 1 is 1.56 bits per heavy atom. The van der Waals surface area contributed by atoms with Gasteiger partial charge in [-0.25, -0.2) is 4.79 Å². The number of hydrogen-bond acceptors (Lipinski definition) is 3. The maximum absolute atomic E-state index is 11.8. The molecule has 4 nitrogen and oxygen atoms in total. The number of aliphatic hydroxyl groups is 1. The van der Waals surface area contributed by atoms with E-state index in [-0.39, 0.29) is 6.09 Å². The van der Waals surface area contributed by atoms with Gasteiger partial charge in [-0.05, 0) is 33.6 Å². The third-order valence-corrected chi connectivity index (χ3v) is 3.88. The van der Waals surface area contributed by atoms with Gasteiger partial charge in [0.05, 0.1) is 12.1 Å². The van der Waals surface area contributed by atoms with Gasteiger partial charge in [0, 0.05) is 11.0 Å². The van der Waals surface area contributed by atoms with Gasteiger partial charge < -0.3 is 14.7 Å². The first-order valence-corrected chi connectivity index (χ1v) is 7.05. The highest BCUT2D eigenvalue weighted by Crippen LogP contribution is 2.24. The number of likely N-dealkylation sites (tertiary alicyclic amines) is 1. The van der Waals surface area contributed by atoms with E-state index in [0.29, 0.717) is 17.5 Å². The lowest BCUT2D eigenvalue weighted by Crippen LogP contribution is -2.52. The molecule has 16 heavy (non-hydrogen) atoms. The highest BCUT2D eigenvalue weighted by molar-refractivity contribution is 14.1. The first-order valence-electron chi connectivity index (χ1n) is 5.52. The molecule has 0 aliphatic carbocycles. The molecular formula is C11H20INO3. The lowest BCUT2D eigenvalue weighted by molar-refractivity contribution is -0.0288. The van der Waals surface area contributed by atoms with Gasteiger partial charge >= 0.3 is 6.09 Å². The monoisotopic (exact) mass is 341 g/mol. The van der Waals surface area contributed by atoms with E-state index in [1.54, 1.807) is 4.90 Å². The smallest absolute Gasteiger partial charge is 0.410 e. The van der Waals surface area contributed by atoms with E-state index in [1.165, 1.54) is 0 Å². The van der Waals surface area contributed by atoms with Crippen molar-refractivity contribution >= 4 is 28.7 Å². The predicted octanol–water partition coefficient (Wildman–Crippen LogP) is 2.18. The molecule has 1 saturated heterocycles. The number of halogens is 1. The highest BCUT2D eigenvalue weighted by Gasteiger charge is 2.35. The average Bonchev–Trinajstić information content (AvgIpc) is 2.15. The fourth-order valence-corrected chi connectivity index (χ4v) is 2.33. The number of rotatable bonds is 1. The van der Waals surface area contributed by atoms with Gasteiger partial charge in [0.15, 0.2) is 0 Å². The Labute approximate surface area is 110 Å². The molecule has 0 aromatic rings. The molecule has 0 spiro atoms. The van der Waals surface area contributed by atoms with E-state index < -0.39 is 11.2 Å². The van der Waals surface area contributed by atoms with Crippen molar-refractivity contribution in [1.29, 1.82) is 0 Å². The number of hydrogen-bond donors (Lipinski definition) is 1. The van der Waals surface area contributed by atoms with E-state index in [9.17, 15) is 9.90 Å². The van der Waals surface area contributed by atoms with Gasteiger partial charge in [0.25, 0.3) is 0 Å². The standard InChI is InChI=1S/C11H20INO3/c1-10(2,3)16-9(14)13-6-4-5-11(15,7-12)8-13/h15H,4-8H2,1-3H3.